The monoisotopic (exact) mass is 251 g/mol. The first kappa shape index (κ1) is 13.0. The minimum absolute atomic E-state index is 0.174. The number of hydrogen-bond donors (Lipinski definition) is 1. The molecule has 1 aliphatic heterocycles. The maximum atomic E-state index is 12.2. The molecular weight excluding hydrogens is 230 g/mol. The van der Waals surface area contributed by atoms with Crippen molar-refractivity contribution in [3.63, 3.8) is 0 Å². The number of hydrogen-bond acceptors (Lipinski definition) is 4. The summed E-state index contributed by atoms with van der Waals surface area (Å²) in [4.78, 5) is 14.2. The van der Waals surface area contributed by atoms with E-state index in [0.29, 0.717) is 25.4 Å². The van der Waals surface area contributed by atoms with E-state index in [-0.39, 0.29) is 11.9 Å². The fraction of sp³-hybridized carbons (Fsp3) is 0.750. The summed E-state index contributed by atoms with van der Waals surface area (Å²) < 4.78 is 1.68. The molecule has 1 aliphatic rings. The number of likely N-dealkylation sites (tertiary alicyclic amines) is 1. The van der Waals surface area contributed by atoms with Crippen LogP contribution >= 0.6 is 0 Å². The molecule has 0 aliphatic carbocycles. The molecule has 6 nitrogen and oxygen atoms in total. The first-order valence-corrected chi connectivity index (χ1v) is 6.56. The lowest BCUT2D eigenvalue weighted by molar-refractivity contribution is -0.136. The Balaban J connectivity index is 1.90. The van der Waals surface area contributed by atoms with Gasteiger partial charge in [-0.3, -0.25) is 9.48 Å². The van der Waals surface area contributed by atoms with Crippen molar-refractivity contribution >= 4 is 5.91 Å². The zero-order chi connectivity index (χ0) is 13.0. The Morgan fingerprint density at radius 2 is 2.39 bits per heavy atom. The zero-order valence-electron chi connectivity index (χ0n) is 10.8. The average Bonchev–Trinajstić information content (AvgIpc) is 2.88. The van der Waals surface area contributed by atoms with Gasteiger partial charge in [0.25, 0.3) is 0 Å². The molecule has 100 valence electrons. The molecule has 1 aromatic rings. The SMILES string of the molecule is CC1CCCN(C(=O)CCn2ccnn2)C1CN. The van der Waals surface area contributed by atoms with Gasteiger partial charge in [-0.1, -0.05) is 12.1 Å². The Hall–Kier alpha value is -1.43. The van der Waals surface area contributed by atoms with Gasteiger partial charge in [0, 0.05) is 31.7 Å². The maximum absolute atomic E-state index is 12.2. The molecule has 0 saturated carbocycles. The number of carbonyl (C=O) groups excluding carboxylic acids is 1. The van der Waals surface area contributed by atoms with E-state index in [0.717, 1.165) is 19.4 Å². The second-order valence-corrected chi connectivity index (χ2v) is 4.93. The average molecular weight is 251 g/mol. The second kappa shape index (κ2) is 5.95. The number of rotatable bonds is 4. The van der Waals surface area contributed by atoms with Gasteiger partial charge in [0.1, 0.15) is 0 Å². The summed E-state index contributed by atoms with van der Waals surface area (Å²) in [6, 6.07) is 0.196. The minimum atomic E-state index is 0.174. The Bertz CT molecular complexity index is 378. The van der Waals surface area contributed by atoms with E-state index >= 15 is 0 Å². The first-order valence-electron chi connectivity index (χ1n) is 6.56. The summed E-state index contributed by atoms with van der Waals surface area (Å²) in [7, 11) is 0. The van der Waals surface area contributed by atoms with Crippen LogP contribution in [0.25, 0.3) is 0 Å². The Labute approximate surface area is 107 Å². The lowest BCUT2D eigenvalue weighted by Crippen LogP contribution is -2.51. The van der Waals surface area contributed by atoms with Gasteiger partial charge in [-0.15, -0.1) is 5.10 Å². The van der Waals surface area contributed by atoms with Crippen molar-refractivity contribution < 1.29 is 4.79 Å². The molecule has 0 spiro atoms. The molecule has 0 bridgehead atoms. The van der Waals surface area contributed by atoms with Crippen molar-refractivity contribution in [2.24, 2.45) is 11.7 Å². The summed E-state index contributed by atoms with van der Waals surface area (Å²) in [6.07, 6.45) is 6.09. The second-order valence-electron chi connectivity index (χ2n) is 4.93. The van der Waals surface area contributed by atoms with Crippen LogP contribution in [0.15, 0.2) is 12.4 Å². The van der Waals surface area contributed by atoms with E-state index < -0.39 is 0 Å². The third-order valence-electron chi connectivity index (χ3n) is 3.70. The first-order chi connectivity index (χ1) is 8.72. The largest absolute Gasteiger partial charge is 0.338 e. The molecule has 1 fully saturated rings. The van der Waals surface area contributed by atoms with E-state index in [9.17, 15) is 4.79 Å². The van der Waals surface area contributed by atoms with Crippen LogP contribution in [0.2, 0.25) is 0 Å². The van der Waals surface area contributed by atoms with Gasteiger partial charge in [0.05, 0.1) is 12.7 Å². The summed E-state index contributed by atoms with van der Waals surface area (Å²) >= 11 is 0. The lowest BCUT2D eigenvalue weighted by atomic mass is 9.90. The Kier molecular flexibility index (Phi) is 4.30. The van der Waals surface area contributed by atoms with E-state index in [1.165, 1.54) is 0 Å². The van der Waals surface area contributed by atoms with Gasteiger partial charge < -0.3 is 10.6 Å². The highest BCUT2D eigenvalue weighted by Gasteiger charge is 2.30. The lowest BCUT2D eigenvalue weighted by Gasteiger charge is -2.39. The Morgan fingerprint density at radius 1 is 1.56 bits per heavy atom. The van der Waals surface area contributed by atoms with E-state index in [1.54, 1.807) is 17.1 Å². The molecule has 2 heterocycles. The van der Waals surface area contributed by atoms with Crippen molar-refractivity contribution in [2.45, 2.75) is 38.8 Å². The molecule has 2 unspecified atom stereocenters. The number of amides is 1. The fourth-order valence-corrected chi connectivity index (χ4v) is 2.62. The van der Waals surface area contributed by atoms with Crippen molar-refractivity contribution in [1.82, 2.24) is 19.9 Å². The quantitative estimate of drug-likeness (QED) is 0.832. The van der Waals surface area contributed by atoms with Gasteiger partial charge in [-0.2, -0.15) is 0 Å². The van der Waals surface area contributed by atoms with Crippen LogP contribution in [0.1, 0.15) is 26.2 Å². The highest BCUT2D eigenvalue weighted by molar-refractivity contribution is 5.76. The summed E-state index contributed by atoms with van der Waals surface area (Å²) in [5.74, 6) is 0.673. The third-order valence-corrected chi connectivity index (χ3v) is 3.70. The molecule has 2 atom stereocenters. The molecule has 18 heavy (non-hydrogen) atoms. The van der Waals surface area contributed by atoms with Crippen LogP contribution in [0.3, 0.4) is 0 Å². The number of aromatic nitrogens is 3. The van der Waals surface area contributed by atoms with Crippen molar-refractivity contribution in [1.29, 1.82) is 0 Å². The van der Waals surface area contributed by atoms with Gasteiger partial charge >= 0.3 is 0 Å². The summed E-state index contributed by atoms with van der Waals surface area (Å²) in [6.45, 7) is 4.15. The molecule has 1 saturated heterocycles. The molecule has 0 aromatic carbocycles. The molecule has 2 N–H and O–H groups in total. The van der Waals surface area contributed by atoms with Crippen LogP contribution in [-0.4, -0.2) is 44.9 Å². The number of carbonyl (C=O) groups is 1. The van der Waals surface area contributed by atoms with Gasteiger partial charge in [0.2, 0.25) is 5.91 Å². The van der Waals surface area contributed by atoms with Crippen LogP contribution in [0, 0.1) is 5.92 Å². The highest BCUT2D eigenvalue weighted by Crippen LogP contribution is 2.23. The van der Waals surface area contributed by atoms with Gasteiger partial charge in [0.15, 0.2) is 0 Å². The van der Waals surface area contributed by atoms with Gasteiger partial charge in [-0.05, 0) is 18.8 Å². The predicted octanol–water partition coefficient (Wildman–Crippen LogP) is 0.254. The van der Waals surface area contributed by atoms with Crippen LogP contribution in [0.4, 0.5) is 0 Å². The highest BCUT2D eigenvalue weighted by atomic mass is 16.2. The molecule has 1 amide bonds. The Morgan fingerprint density at radius 3 is 3.06 bits per heavy atom. The number of piperidine rings is 1. The zero-order valence-corrected chi connectivity index (χ0v) is 10.8. The fourth-order valence-electron chi connectivity index (χ4n) is 2.62. The van der Waals surface area contributed by atoms with Crippen molar-refractivity contribution in [2.75, 3.05) is 13.1 Å². The smallest absolute Gasteiger partial charge is 0.224 e. The number of nitrogens with two attached hydrogens (primary N) is 1. The van der Waals surface area contributed by atoms with E-state index in [1.807, 2.05) is 4.90 Å². The van der Waals surface area contributed by atoms with Crippen LogP contribution in [-0.2, 0) is 11.3 Å². The number of aryl methyl sites for hydroxylation is 1. The van der Waals surface area contributed by atoms with Gasteiger partial charge in [-0.25, -0.2) is 0 Å². The molecule has 0 radical (unpaired) electrons. The minimum Gasteiger partial charge on any atom is -0.338 e. The van der Waals surface area contributed by atoms with E-state index in [4.69, 9.17) is 5.73 Å². The standard InChI is InChI=1S/C12H21N5O/c1-10-3-2-6-17(11(10)9-13)12(18)4-7-16-8-5-14-15-16/h5,8,10-11H,2-4,6-7,9,13H2,1H3. The molecule has 6 heteroatoms. The normalized spacial score (nSPS) is 24.2. The summed E-state index contributed by atoms with van der Waals surface area (Å²) in [5, 5.41) is 7.58. The van der Waals surface area contributed by atoms with Crippen LogP contribution in [0.5, 0.6) is 0 Å². The summed E-state index contributed by atoms with van der Waals surface area (Å²) in [5.41, 5.74) is 5.79. The van der Waals surface area contributed by atoms with Crippen molar-refractivity contribution in [3.8, 4) is 0 Å². The third kappa shape index (κ3) is 2.87. The topological polar surface area (TPSA) is 77.0 Å². The van der Waals surface area contributed by atoms with E-state index in [2.05, 4.69) is 17.2 Å². The molecule has 1 aromatic heterocycles. The van der Waals surface area contributed by atoms with Crippen LogP contribution < -0.4 is 5.73 Å². The predicted molar refractivity (Wildman–Crippen MR) is 67.6 cm³/mol. The molecule has 2 rings (SSSR count). The number of nitrogens with zero attached hydrogens (tertiary/aromatic N) is 4. The van der Waals surface area contributed by atoms with Crippen molar-refractivity contribution in [3.05, 3.63) is 12.4 Å². The maximum Gasteiger partial charge on any atom is 0.224 e. The molecular formula is C12H21N5O.